The van der Waals surface area contributed by atoms with Gasteiger partial charge in [-0.25, -0.2) is 24.0 Å². The molecule has 10 nitrogen and oxygen atoms in total. The lowest BCUT2D eigenvalue weighted by atomic mass is 10.1. The fraction of sp³-hybridized carbons (Fsp3) is 0.163. The minimum Gasteiger partial charge on any atom is -0.465 e. The molecule has 0 N–H and O–H groups in total. The van der Waals surface area contributed by atoms with E-state index < -0.39 is 29.8 Å². The number of methoxy groups -OCH3 is 1. The van der Waals surface area contributed by atoms with Crippen molar-refractivity contribution in [1.29, 1.82) is 0 Å². The van der Waals surface area contributed by atoms with E-state index in [1.807, 2.05) is 54.6 Å². The van der Waals surface area contributed by atoms with Gasteiger partial charge in [-0.3, -0.25) is 0 Å². The summed E-state index contributed by atoms with van der Waals surface area (Å²) in [6, 6.07) is 28.2. The van der Waals surface area contributed by atoms with Crippen LogP contribution in [0.3, 0.4) is 0 Å². The van der Waals surface area contributed by atoms with Gasteiger partial charge in [-0.15, -0.1) is 34.9 Å². The molecule has 13 heteroatoms. The molecule has 62 heavy (non-hydrogen) atoms. The van der Waals surface area contributed by atoms with E-state index in [0.29, 0.717) is 36.5 Å². The van der Waals surface area contributed by atoms with Crippen molar-refractivity contribution in [3.8, 4) is 35.2 Å². The van der Waals surface area contributed by atoms with E-state index >= 15 is 0 Å². The molecule has 0 unspecified atom stereocenters. The largest absolute Gasteiger partial charge is 0.465 e. The smallest absolute Gasteiger partial charge is 0.353 e. The number of thiophene rings is 1. The monoisotopic (exact) mass is 884 g/mol. The first kappa shape index (κ1) is 46.3. The van der Waals surface area contributed by atoms with E-state index in [4.69, 9.17) is 23.7 Å². The van der Waals surface area contributed by atoms with Crippen LogP contribution in [0.25, 0.3) is 0 Å². The van der Waals surface area contributed by atoms with Crippen LogP contribution < -0.4 is 9.47 Å². The van der Waals surface area contributed by atoms with Gasteiger partial charge in [-0.1, -0.05) is 36.8 Å². The van der Waals surface area contributed by atoms with Gasteiger partial charge in [0.1, 0.15) is 26.8 Å². The minimum absolute atomic E-state index is 0.00365. The summed E-state index contributed by atoms with van der Waals surface area (Å²) in [5.74, 6) is 11.3. The van der Waals surface area contributed by atoms with Gasteiger partial charge in [0.2, 0.25) is 0 Å². The zero-order chi connectivity index (χ0) is 44.3. The Hall–Kier alpha value is -6.77. The molecular weight excluding hydrogens is 845 g/mol. The van der Waals surface area contributed by atoms with E-state index in [9.17, 15) is 24.0 Å². The van der Waals surface area contributed by atoms with E-state index in [1.54, 1.807) is 48.6 Å². The Kier molecular flexibility index (Phi) is 17.8. The first-order valence-electron chi connectivity index (χ1n) is 19.0. The summed E-state index contributed by atoms with van der Waals surface area (Å²) in [5, 5.41) is 0. The van der Waals surface area contributed by atoms with Gasteiger partial charge in [0.05, 0.1) is 20.3 Å². The highest BCUT2D eigenvalue weighted by molar-refractivity contribution is 7.99. The van der Waals surface area contributed by atoms with E-state index in [2.05, 4.69) is 36.8 Å². The van der Waals surface area contributed by atoms with E-state index in [1.165, 1.54) is 31.4 Å². The standard InChI is InChI=1S/C49H40O10S3/c1-5-45(50)56-27-7-29-60-38-19-13-34(14-20-38)9-11-36-17-23-41(33(3)31-36)58-48(53)43-25-26-44(62-43)49(54)59-42-24-18-37(32-40(42)47(52)55-4)12-10-35-15-21-39(22-16-35)61-30-8-28-57-46(51)6-2/h5-6,13-26,31-32H,1-2,7-8,27-30H2,3-4H3. The third-order valence-corrected chi connectivity index (χ3v) is 11.6. The van der Waals surface area contributed by atoms with Crippen molar-refractivity contribution in [3.05, 3.63) is 166 Å². The predicted octanol–water partition coefficient (Wildman–Crippen LogP) is 9.50. The first-order valence-corrected chi connectivity index (χ1v) is 21.8. The molecule has 0 saturated heterocycles. The fourth-order valence-electron chi connectivity index (χ4n) is 5.18. The molecule has 0 spiro atoms. The highest BCUT2D eigenvalue weighted by Crippen LogP contribution is 2.27. The van der Waals surface area contributed by atoms with Crippen molar-refractivity contribution in [2.45, 2.75) is 29.6 Å². The van der Waals surface area contributed by atoms with Crippen molar-refractivity contribution in [3.63, 3.8) is 0 Å². The Labute approximate surface area is 372 Å². The number of thioether (sulfide) groups is 2. The van der Waals surface area contributed by atoms with Gasteiger partial charge < -0.3 is 23.7 Å². The van der Waals surface area contributed by atoms with Gasteiger partial charge in [0, 0.05) is 55.7 Å². The van der Waals surface area contributed by atoms with Crippen molar-refractivity contribution in [2.24, 2.45) is 0 Å². The molecule has 0 aliphatic heterocycles. The zero-order valence-electron chi connectivity index (χ0n) is 33.9. The minimum atomic E-state index is -0.773. The van der Waals surface area contributed by atoms with Crippen molar-refractivity contribution < 1.29 is 47.7 Å². The van der Waals surface area contributed by atoms with Crippen LogP contribution in [-0.4, -0.2) is 61.7 Å². The summed E-state index contributed by atoms with van der Waals surface area (Å²) in [4.78, 5) is 63.7. The molecule has 314 valence electrons. The molecule has 0 amide bonds. The quantitative estimate of drug-likeness (QED) is 0.0168. The third kappa shape index (κ3) is 14.5. The van der Waals surface area contributed by atoms with Gasteiger partial charge in [0.15, 0.2) is 0 Å². The lowest BCUT2D eigenvalue weighted by Gasteiger charge is -2.09. The number of ether oxygens (including phenoxy) is 5. The maximum absolute atomic E-state index is 13.2. The summed E-state index contributed by atoms with van der Waals surface area (Å²) in [6.07, 6.45) is 3.73. The van der Waals surface area contributed by atoms with E-state index in [-0.39, 0.29) is 21.1 Å². The molecule has 5 aromatic rings. The van der Waals surface area contributed by atoms with Crippen molar-refractivity contribution >= 4 is 64.7 Å². The van der Waals surface area contributed by atoms with Crippen molar-refractivity contribution in [1.82, 2.24) is 0 Å². The van der Waals surface area contributed by atoms with Crippen LogP contribution in [0.1, 0.15) is 70.4 Å². The summed E-state index contributed by atoms with van der Waals surface area (Å²) in [6.45, 7) is 9.24. The summed E-state index contributed by atoms with van der Waals surface area (Å²) < 4.78 is 26.2. The fourth-order valence-corrected chi connectivity index (χ4v) is 7.60. The van der Waals surface area contributed by atoms with Crippen LogP contribution in [-0.2, 0) is 23.8 Å². The lowest BCUT2D eigenvalue weighted by molar-refractivity contribution is -0.138. The molecule has 0 aliphatic carbocycles. The molecule has 0 radical (unpaired) electrons. The van der Waals surface area contributed by atoms with Gasteiger partial charge in [-0.05, 0) is 122 Å². The van der Waals surface area contributed by atoms with Gasteiger partial charge in [-0.2, -0.15) is 0 Å². The van der Waals surface area contributed by atoms with Crippen LogP contribution in [0, 0.1) is 30.6 Å². The number of hydrogen-bond donors (Lipinski definition) is 0. The Balaban J connectivity index is 1.14. The number of benzene rings is 4. The summed E-state index contributed by atoms with van der Waals surface area (Å²) in [5.41, 5.74) is 3.52. The summed E-state index contributed by atoms with van der Waals surface area (Å²) in [7, 11) is 1.22. The Bertz CT molecular complexity index is 2570. The average Bonchev–Trinajstić information content (AvgIpc) is 3.80. The second-order valence-electron chi connectivity index (χ2n) is 12.8. The highest BCUT2D eigenvalue weighted by atomic mass is 32.2. The highest BCUT2D eigenvalue weighted by Gasteiger charge is 2.21. The molecule has 0 saturated carbocycles. The summed E-state index contributed by atoms with van der Waals surface area (Å²) >= 11 is 4.19. The van der Waals surface area contributed by atoms with Crippen molar-refractivity contribution in [2.75, 3.05) is 31.8 Å². The van der Waals surface area contributed by atoms with Crippen LogP contribution in [0.2, 0.25) is 0 Å². The molecule has 4 aromatic carbocycles. The molecule has 0 bridgehead atoms. The Morgan fingerprint density at radius 1 is 0.581 bits per heavy atom. The Morgan fingerprint density at radius 3 is 1.48 bits per heavy atom. The second-order valence-corrected chi connectivity index (χ2v) is 16.2. The number of esters is 5. The molecule has 0 aliphatic rings. The topological polar surface area (TPSA) is 132 Å². The molecule has 5 rings (SSSR count). The van der Waals surface area contributed by atoms with Gasteiger partial charge in [0.25, 0.3) is 0 Å². The van der Waals surface area contributed by atoms with Crippen LogP contribution in [0.4, 0.5) is 0 Å². The zero-order valence-corrected chi connectivity index (χ0v) is 36.3. The molecule has 0 fully saturated rings. The average molecular weight is 885 g/mol. The van der Waals surface area contributed by atoms with Crippen LogP contribution in [0.15, 0.2) is 132 Å². The predicted molar refractivity (Wildman–Crippen MR) is 241 cm³/mol. The molecule has 1 heterocycles. The van der Waals surface area contributed by atoms with Crippen LogP contribution >= 0.6 is 34.9 Å². The Morgan fingerprint density at radius 2 is 1.02 bits per heavy atom. The SMILES string of the molecule is C=CC(=O)OCCCSc1ccc(C#Cc2ccc(OC(=O)c3ccc(C(=O)Oc4ccc(C#Cc5ccc(SCCCOC(=O)C=C)cc5)cc4C(=O)OC)s3)c(C)c2)cc1. The van der Waals surface area contributed by atoms with Crippen LogP contribution in [0.5, 0.6) is 11.5 Å². The number of aryl methyl sites for hydroxylation is 1. The number of hydrogen-bond acceptors (Lipinski definition) is 13. The molecule has 0 atom stereocenters. The van der Waals surface area contributed by atoms with E-state index in [0.717, 1.165) is 67.9 Å². The lowest BCUT2D eigenvalue weighted by Crippen LogP contribution is -2.11. The maximum atomic E-state index is 13.2. The maximum Gasteiger partial charge on any atom is 0.353 e. The first-order chi connectivity index (χ1) is 30.0. The normalized spacial score (nSPS) is 10.2. The second kappa shape index (κ2) is 23.9. The number of rotatable bonds is 17. The molecule has 1 aromatic heterocycles. The number of carbonyl (C=O) groups is 5. The van der Waals surface area contributed by atoms with Gasteiger partial charge >= 0.3 is 29.8 Å². The third-order valence-electron chi connectivity index (χ3n) is 8.32. The molecular formula is C49H40O10S3. The number of carbonyl (C=O) groups excluding carboxylic acids is 5.